The number of piperidine rings is 1. The van der Waals surface area contributed by atoms with Gasteiger partial charge >= 0.3 is 0 Å². The molecule has 1 spiro atoms. The van der Waals surface area contributed by atoms with Crippen LogP contribution < -0.4 is 5.32 Å². The highest BCUT2D eigenvalue weighted by molar-refractivity contribution is 6.30. The van der Waals surface area contributed by atoms with Crippen LogP contribution in [0.2, 0.25) is 5.02 Å². The van der Waals surface area contributed by atoms with Gasteiger partial charge in [0, 0.05) is 27.4 Å². The van der Waals surface area contributed by atoms with E-state index in [1.54, 1.807) is 6.07 Å². The summed E-state index contributed by atoms with van der Waals surface area (Å²) < 4.78 is 14.3. The van der Waals surface area contributed by atoms with Crippen molar-refractivity contribution >= 4 is 22.9 Å². The Kier molecular flexibility index (Phi) is 6.04. The fourth-order valence-corrected chi connectivity index (χ4v) is 5.07. The zero-order chi connectivity index (χ0) is 21.3. The van der Waals surface area contributed by atoms with Gasteiger partial charge in [0.05, 0.1) is 0 Å². The average molecular weight is 425 g/mol. The minimum Gasteiger partial charge on any atom is -0.358 e. The molecule has 0 amide bonds. The Balaban J connectivity index is 1.32. The summed E-state index contributed by atoms with van der Waals surface area (Å²) in [7, 11) is 0. The van der Waals surface area contributed by atoms with Crippen LogP contribution in [0.15, 0.2) is 55.3 Å². The number of likely N-dealkylation sites (tertiary alicyclic amines) is 1. The Morgan fingerprint density at radius 1 is 1.20 bits per heavy atom. The van der Waals surface area contributed by atoms with Gasteiger partial charge in [-0.1, -0.05) is 43.8 Å². The van der Waals surface area contributed by atoms with E-state index in [1.807, 2.05) is 25.1 Å². The van der Waals surface area contributed by atoms with Gasteiger partial charge in [0.25, 0.3) is 0 Å². The Labute approximate surface area is 184 Å². The summed E-state index contributed by atoms with van der Waals surface area (Å²) in [6.07, 6.45) is 4.79. The molecule has 158 valence electrons. The fraction of sp³-hybridized carbons (Fsp3) is 0.385. The molecule has 4 rings (SSSR count). The molecule has 1 saturated heterocycles. The number of aryl methyl sites for hydroxylation is 1. The third-order valence-corrected chi connectivity index (χ3v) is 7.09. The number of rotatable bonds is 6. The van der Waals surface area contributed by atoms with Crippen molar-refractivity contribution in [3.8, 4) is 0 Å². The van der Waals surface area contributed by atoms with E-state index < -0.39 is 0 Å². The molecular formula is C26H30ClFN2. The van der Waals surface area contributed by atoms with Crippen molar-refractivity contribution in [1.82, 2.24) is 4.90 Å². The molecular weight excluding hydrogens is 395 g/mol. The predicted molar refractivity (Wildman–Crippen MR) is 126 cm³/mol. The van der Waals surface area contributed by atoms with Crippen molar-refractivity contribution in [1.29, 1.82) is 0 Å². The molecule has 4 heteroatoms. The molecule has 0 atom stereocenters. The molecule has 1 fully saturated rings. The van der Waals surface area contributed by atoms with E-state index in [4.69, 9.17) is 11.6 Å². The molecule has 0 aliphatic carbocycles. The monoisotopic (exact) mass is 424 g/mol. The first-order valence-electron chi connectivity index (χ1n) is 10.9. The lowest BCUT2D eigenvalue weighted by Gasteiger charge is -2.40. The van der Waals surface area contributed by atoms with E-state index in [0.717, 1.165) is 79.3 Å². The molecule has 2 aromatic carbocycles. The number of halogens is 2. The van der Waals surface area contributed by atoms with Crippen molar-refractivity contribution < 1.29 is 4.39 Å². The molecule has 1 N–H and O–H groups in total. The standard InChI is InChI=1S/C26H30ClFN2/c1-4-18(2)22-9-7-20(16-24(22)28)6-5-13-30-14-11-26(12-15-30)19(3)29-25-10-8-21(27)17-23(25)26/h7-10,16-17,29H,2-6,11-15H2,1H3. The molecule has 2 nitrogen and oxygen atoms in total. The van der Waals surface area contributed by atoms with Gasteiger partial charge in [0.15, 0.2) is 0 Å². The highest BCUT2D eigenvalue weighted by atomic mass is 35.5. The molecule has 30 heavy (non-hydrogen) atoms. The number of hydrogen-bond acceptors (Lipinski definition) is 2. The summed E-state index contributed by atoms with van der Waals surface area (Å²) in [6, 6.07) is 11.7. The van der Waals surface area contributed by atoms with E-state index in [9.17, 15) is 4.39 Å². The normalized spacial score (nSPS) is 17.8. The van der Waals surface area contributed by atoms with Gasteiger partial charge in [-0.25, -0.2) is 4.39 Å². The second-order valence-electron chi connectivity index (χ2n) is 8.59. The van der Waals surface area contributed by atoms with Crippen LogP contribution in [0.5, 0.6) is 0 Å². The summed E-state index contributed by atoms with van der Waals surface area (Å²) in [5, 5.41) is 4.26. The van der Waals surface area contributed by atoms with Gasteiger partial charge in [0.1, 0.15) is 5.82 Å². The Hall–Kier alpha value is -2.10. The van der Waals surface area contributed by atoms with E-state index in [2.05, 4.69) is 35.5 Å². The molecule has 0 unspecified atom stereocenters. The summed E-state index contributed by atoms with van der Waals surface area (Å²) in [5.74, 6) is -0.149. The van der Waals surface area contributed by atoms with Crippen LogP contribution in [0.1, 0.15) is 49.3 Å². The number of fused-ring (bicyclic) bond motifs is 2. The van der Waals surface area contributed by atoms with Crippen LogP contribution in [-0.4, -0.2) is 24.5 Å². The molecule has 2 heterocycles. The van der Waals surface area contributed by atoms with E-state index in [1.165, 1.54) is 5.56 Å². The minimum absolute atomic E-state index is 0.00261. The van der Waals surface area contributed by atoms with E-state index >= 15 is 0 Å². The highest BCUT2D eigenvalue weighted by Gasteiger charge is 2.44. The summed E-state index contributed by atoms with van der Waals surface area (Å²) in [6.45, 7) is 13.4. The van der Waals surface area contributed by atoms with Gasteiger partial charge < -0.3 is 10.2 Å². The third kappa shape index (κ3) is 3.93. The summed E-state index contributed by atoms with van der Waals surface area (Å²) >= 11 is 6.28. The van der Waals surface area contributed by atoms with Crippen molar-refractivity contribution in [2.24, 2.45) is 0 Å². The van der Waals surface area contributed by atoms with Gasteiger partial charge in [0.2, 0.25) is 0 Å². The molecule has 2 aliphatic rings. The smallest absolute Gasteiger partial charge is 0.130 e. The topological polar surface area (TPSA) is 15.3 Å². The Morgan fingerprint density at radius 2 is 1.97 bits per heavy atom. The maximum atomic E-state index is 14.3. The van der Waals surface area contributed by atoms with Crippen LogP contribution in [0.25, 0.3) is 5.57 Å². The zero-order valence-corrected chi connectivity index (χ0v) is 18.5. The van der Waals surface area contributed by atoms with Crippen LogP contribution in [0.3, 0.4) is 0 Å². The molecule has 2 aromatic rings. The SMILES string of the molecule is C=C(CC)c1ccc(CCCN2CCC3(CC2)C(=C)Nc2ccc(Cl)cc23)cc1F. The third-order valence-electron chi connectivity index (χ3n) is 6.85. The van der Waals surface area contributed by atoms with Crippen LogP contribution >= 0.6 is 11.6 Å². The van der Waals surface area contributed by atoms with Crippen LogP contribution in [0.4, 0.5) is 10.1 Å². The zero-order valence-electron chi connectivity index (χ0n) is 17.7. The number of nitrogens with zero attached hydrogens (tertiary/aromatic N) is 1. The number of allylic oxidation sites excluding steroid dienone is 2. The first-order valence-corrected chi connectivity index (χ1v) is 11.3. The maximum Gasteiger partial charge on any atom is 0.130 e. The van der Waals surface area contributed by atoms with Gasteiger partial charge in [-0.3, -0.25) is 0 Å². The maximum absolute atomic E-state index is 14.3. The fourth-order valence-electron chi connectivity index (χ4n) is 4.89. The molecule has 0 saturated carbocycles. The van der Waals surface area contributed by atoms with Crippen LogP contribution in [-0.2, 0) is 11.8 Å². The number of anilines is 1. The molecule has 2 aliphatic heterocycles. The first kappa shape index (κ1) is 21.1. The summed E-state index contributed by atoms with van der Waals surface area (Å²) in [4.78, 5) is 2.52. The average Bonchev–Trinajstić information content (AvgIpc) is 3.00. The lowest BCUT2D eigenvalue weighted by atomic mass is 9.72. The van der Waals surface area contributed by atoms with Gasteiger partial charge in [-0.05, 0) is 92.7 Å². The Morgan fingerprint density at radius 3 is 2.67 bits per heavy atom. The minimum atomic E-state index is -0.149. The van der Waals surface area contributed by atoms with Crippen molar-refractivity contribution in [2.75, 3.05) is 25.0 Å². The molecule has 0 bridgehead atoms. The largest absolute Gasteiger partial charge is 0.358 e. The molecule has 0 aromatic heterocycles. The van der Waals surface area contributed by atoms with E-state index in [0.29, 0.717) is 5.56 Å². The first-order chi connectivity index (χ1) is 14.4. The van der Waals surface area contributed by atoms with E-state index in [-0.39, 0.29) is 11.2 Å². The lowest BCUT2D eigenvalue weighted by Crippen LogP contribution is -2.43. The van der Waals surface area contributed by atoms with Crippen molar-refractivity contribution in [2.45, 2.75) is 44.4 Å². The second kappa shape index (κ2) is 8.56. The van der Waals surface area contributed by atoms with Crippen molar-refractivity contribution in [3.63, 3.8) is 0 Å². The second-order valence-corrected chi connectivity index (χ2v) is 9.03. The highest BCUT2D eigenvalue weighted by Crippen LogP contribution is 2.50. The predicted octanol–water partition coefficient (Wildman–Crippen LogP) is 6.81. The quantitative estimate of drug-likeness (QED) is 0.548. The Bertz CT molecular complexity index is 973. The number of nitrogens with one attached hydrogen (secondary N) is 1. The molecule has 0 radical (unpaired) electrons. The summed E-state index contributed by atoms with van der Waals surface area (Å²) in [5.41, 5.74) is 6.10. The van der Waals surface area contributed by atoms with Crippen molar-refractivity contribution in [3.05, 3.63) is 82.8 Å². The lowest BCUT2D eigenvalue weighted by molar-refractivity contribution is 0.179. The number of benzene rings is 2. The van der Waals surface area contributed by atoms with Gasteiger partial charge in [-0.15, -0.1) is 0 Å². The van der Waals surface area contributed by atoms with Gasteiger partial charge in [-0.2, -0.15) is 0 Å². The van der Waals surface area contributed by atoms with Crippen LogP contribution in [0, 0.1) is 5.82 Å². The number of hydrogen-bond donors (Lipinski definition) is 1.